The van der Waals surface area contributed by atoms with E-state index >= 15 is 0 Å². The van der Waals surface area contributed by atoms with Crippen molar-refractivity contribution in [3.63, 3.8) is 0 Å². The van der Waals surface area contributed by atoms with E-state index in [0.717, 1.165) is 195 Å². The summed E-state index contributed by atoms with van der Waals surface area (Å²) in [5.41, 5.74) is 34.5. The largest absolute Gasteiger partial charge is 0.459 e. The van der Waals surface area contributed by atoms with Gasteiger partial charge in [0.15, 0.2) is 0 Å². The van der Waals surface area contributed by atoms with E-state index < -0.39 is 18.8 Å². The van der Waals surface area contributed by atoms with Gasteiger partial charge in [-0.2, -0.15) is 0 Å². The zero-order valence-electron chi connectivity index (χ0n) is 67.1. The molecule has 0 N–H and O–H groups in total. The highest BCUT2D eigenvalue weighted by Gasteiger charge is 2.52. The van der Waals surface area contributed by atoms with Crippen molar-refractivity contribution in [3.05, 3.63) is 418 Å². The third kappa shape index (κ3) is 11.2. The zero-order valence-corrected chi connectivity index (χ0v) is 67.1. The summed E-state index contributed by atoms with van der Waals surface area (Å²) in [6.45, 7) is 6.25. The molecule has 1 aromatic heterocycles. The molecule has 0 atom stereocenters. The molecule has 4 aliphatic rings. The first-order valence-electron chi connectivity index (χ1n) is 42.1. The second-order valence-corrected chi connectivity index (χ2v) is 33.6. The van der Waals surface area contributed by atoms with E-state index in [4.69, 9.17) is 9.47 Å². The predicted molar refractivity (Wildman–Crippen MR) is 510 cm³/mol. The molecule has 24 rings (SSSR count). The zero-order chi connectivity index (χ0) is 80.1. The van der Waals surface area contributed by atoms with E-state index in [0.29, 0.717) is 0 Å². The molecule has 0 aliphatic carbocycles. The fraction of sp³-hybridized carbons (Fsp3) is 0.0351. The van der Waals surface area contributed by atoms with Crippen LogP contribution >= 0.6 is 0 Å². The first kappa shape index (κ1) is 70.1. The van der Waals surface area contributed by atoms with Crippen molar-refractivity contribution in [1.29, 1.82) is 0 Å². The van der Waals surface area contributed by atoms with Crippen LogP contribution in [0.15, 0.2) is 413 Å². The van der Waals surface area contributed by atoms with Gasteiger partial charge in [0.1, 0.15) is 23.0 Å². The van der Waals surface area contributed by atoms with Crippen molar-refractivity contribution in [3.8, 4) is 118 Å². The van der Waals surface area contributed by atoms with Gasteiger partial charge >= 0.3 is 0 Å². The molecule has 0 fully saturated rings. The molecule has 0 saturated carbocycles. The summed E-state index contributed by atoms with van der Waals surface area (Å²) in [7, 11) is 0. The number of hydrogen-bond acceptors (Lipinski definition) is 4. The number of ether oxygens (including phenoxy) is 2. The Morgan fingerprint density at radius 1 is 0.240 bits per heavy atom. The number of hydrogen-bond donors (Lipinski definition) is 0. The Hall–Kier alpha value is -15.2. The smallest absolute Gasteiger partial charge is 0.260 e. The first-order chi connectivity index (χ1) is 59.7. The van der Waals surface area contributed by atoms with Crippen LogP contribution in [0.25, 0.3) is 138 Å². The lowest BCUT2D eigenvalue weighted by molar-refractivity contribution is 0.468. The van der Waals surface area contributed by atoms with Crippen LogP contribution in [0.1, 0.15) is 26.3 Å². The minimum absolute atomic E-state index is 0.403. The predicted octanol–water partition coefficient (Wildman–Crippen LogP) is 26.5. The quantitative estimate of drug-likeness (QED) is 0.0954. The monoisotopic (exact) mass is 1540 g/mol. The van der Waals surface area contributed by atoms with Crippen LogP contribution in [-0.4, -0.2) is 18.0 Å². The number of benzene rings is 19. The van der Waals surface area contributed by atoms with Gasteiger partial charge < -0.3 is 23.8 Å². The minimum atomic E-state index is -0.479. The first-order valence-corrected chi connectivity index (χ1v) is 42.1. The van der Waals surface area contributed by atoms with Gasteiger partial charge in [0.2, 0.25) is 0 Å². The van der Waals surface area contributed by atoms with Crippen molar-refractivity contribution in [2.24, 2.45) is 0 Å². The van der Waals surface area contributed by atoms with Crippen LogP contribution in [-0.2, 0) is 5.41 Å². The van der Waals surface area contributed by atoms with Crippen LogP contribution < -0.4 is 52.1 Å². The molecule has 0 saturated heterocycles. The van der Waals surface area contributed by atoms with Crippen molar-refractivity contribution in [2.75, 3.05) is 9.80 Å². The molecule has 4 aliphatic heterocycles. The maximum atomic E-state index is 8.34. The summed E-state index contributed by atoms with van der Waals surface area (Å²) < 4.78 is 19.2. The van der Waals surface area contributed by atoms with Gasteiger partial charge in [-0.05, 0) is 182 Å². The van der Waals surface area contributed by atoms with Crippen LogP contribution in [0.2, 0.25) is 0 Å². The van der Waals surface area contributed by atoms with Crippen LogP contribution in [0.3, 0.4) is 0 Å². The summed E-state index contributed by atoms with van der Waals surface area (Å²) in [6, 6.07) is 153. The molecule has 5 nitrogen and oxygen atoms in total. The Kier molecular flexibility index (Phi) is 16.1. The average molecular weight is 1540 g/mol. The summed E-state index contributed by atoms with van der Waals surface area (Å²) in [5, 5.41) is 7.08. The van der Waals surface area contributed by atoms with Gasteiger partial charge in [0.05, 0.1) is 22.4 Å². The lowest BCUT2D eigenvalue weighted by atomic mass is 9.30. The summed E-state index contributed by atoms with van der Waals surface area (Å²) in [4.78, 5) is 5.35. The summed E-state index contributed by atoms with van der Waals surface area (Å²) in [6.07, 6.45) is 0. The van der Waals surface area contributed by atoms with Crippen molar-refractivity contribution in [2.45, 2.75) is 26.2 Å². The third-order valence-corrected chi connectivity index (χ3v) is 25.8. The average Bonchev–Trinajstić information content (AvgIpc) is 0.716. The molecule has 20 aromatic rings. The van der Waals surface area contributed by atoms with E-state index in [-0.39, 0.29) is 0 Å². The van der Waals surface area contributed by atoms with Gasteiger partial charge in [-0.3, -0.25) is 0 Å². The van der Waals surface area contributed by atoms with E-state index in [1.807, 2.05) is 0 Å². The molecular weight excluding hydrogens is 1460 g/mol. The van der Waals surface area contributed by atoms with Crippen LogP contribution in [0.4, 0.5) is 34.1 Å². The standard InChI is InChI=1S/C114H77B2N3O2/c1-114(2,3)83-68-102-107-103(69-83)119(111-88(77-43-21-9-22-44-77)54-32-55-89(111)78-45-23-10-24-46-78)104-71-106-109-113(120-105-62-58-80(73-35-13-5-14-36-73)66-97(105)115(109)98-67-82(74-37-15-6-16-38-74)65-95(112(98)121-106)93-64-81-47-25-26-48-85(81)90-49-27-28-50-91(90)93)108(104)116(107)96-60-59-84(117-99-56-30-29-51-92(99)94-63-79(57-61-100(94)117)72-33-11-4-12-34-72)70-101(96)118(102)110-86(75-39-17-7-18-40-75)52-31-53-87(110)76-41-19-8-20-42-76/h4-71H,1-3H3. The lowest BCUT2D eigenvalue weighted by Gasteiger charge is -2.48. The summed E-state index contributed by atoms with van der Waals surface area (Å²) in [5.74, 6) is 3.13. The Balaban J connectivity index is 0.868. The molecule has 0 unspecified atom stereocenters. The Labute approximate surface area is 704 Å². The van der Waals surface area contributed by atoms with Crippen LogP contribution in [0, 0.1) is 0 Å². The Morgan fingerprint density at radius 2 is 0.694 bits per heavy atom. The van der Waals surface area contributed by atoms with Crippen molar-refractivity contribution >= 4 is 124 Å². The highest BCUT2D eigenvalue weighted by atomic mass is 16.5. The molecular formula is C114H77B2N3O2. The van der Waals surface area contributed by atoms with Gasteiger partial charge in [0.25, 0.3) is 13.4 Å². The minimum Gasteiger partial charge on any atom is -0.459 e. The maximum absolute atomic E-state index is 8.34. The molecule has 0 amide bonds. The third-order valence-electron chi connectivity index (χ3n) is 25.8. The van der Waals surface area contributed by atoms with Crippen molar-refractivity contribution < 1.29 is 9.47 Å². The Morgan fingerprint density at radius 3 is 1.26 bits per heavy atom. The molecule has 121 heavy (non-hydrogen) atoms. The number of anilines is 6. The molecule has 0 radical (unpaired) electrons. The number of fused-ring (bicyclic) bond motifs is 15. The highest BCUT2D eigenvalue weighted by Crippen LogP contribution is 2.57. The van der Waals surface area contributed by atoms with Crippen LogP contribution in [0.5, 0.6) is 23.0 Å². The van der Waals surface area contributed by atoms with Gasteiger partial charge in [-0.1, -0.05) is 367 Å². The second kappa shape index (κ2) is 27.7. The van der Waals surface area contributed by atoms with E-state index in [1.54, 1.807) is 0 Å². The molecule has 566 valence electrons. The number of aromatic nitrogens is 1. The molecule has 5 heterocycles. The topological polar surface area (TPSA) is 29.9 Å². The fourth-order valence-corrected chi connectivity index (χ4v) is 20.3. The highest BCUT2D eigenvalue weighted by molar-refractivity contribution is 7.03. The van der Waals surface area contributed by atoms with Crippen molar-refractivity contribution in [1.82, 2.24) is 4.57 Å². The maximum Gasteiger partial charge on any atom is 0.260 e. The van der Waals surface area contributed by atoms with Gasteiger partial charge in [-0.25, -0.2) is 0 Å². The van der Waals surface area contributed by atoms with E-state index in [9.17, 15) is 0 Å². The van der Waals surface area contributed by atoms with Gasteiger partial charge in [0, 0.05) is 78.6 Å². The SMILES string of the molecule is CC(C)(C)c1cc2c3c(c1)N(c1c(-c4ccccc4)cccc1-c1ccccc1)c1cc4c5c(c1B3c1ccc(-n3c6ccccc6c6cc(-c7ccccc7)ccc63)cc1N2c1c(-c2ccccc2)cccc1-c1ccccc1)Oc1ccc(-c2ccccc2)cc1B5c1cc(-c2ccccc2)cc(-c2cc3ccccc3c3ccccc23)c1O4. The van der Waals surface area contributed by atoms with E-state index in [2.05, 4.69) is 448 Å². The van der Waals surface area contributed by atoms with E-state index in [1.165, 1.54) is 38.2 Å². The second-order valence-electron chi connectivity index (χ2n) is 33.6. The number of nitrogens with zero attached hydrogens (tertiary/aromatic N) is 3. The Bertz CT molecular complexity index is 7500. The molecule has 7 heteroatoms. The lowest BCUT2D eigenvalue weighted by Crippen LogP contribution is -2.65. The number of rotatable bonds is 11. The molecule has 0 bridgehead atoms. The van der Waals surface area contributed by atoms with Gasteiger partial charge in [-0.15, -0.1) is 0 Å². The normalized spacial score (nSPS) is 12.8. The molecule has 0 spiro atoms. The number of para-hydroxylation sites is 3. The summed E-state index contributed by atoms with van der Waals surface area (Å²) >= 11 is 0. The fourth-order valence-electron chi connectivity index (χ4n) is 20.3. The molecule has 19 aromatic carbocycles.